The summed E-state index contributed by atoms with van der Waals surface area (Å²) in [5, 5.41) is 2.93. The van der Waals surface area contributed by atoms with Gasteiger partial charge in [0.1, 0.15) is 0 Å². The van der Waals surface area contributed by atoms with Gasteiger partial charge in [-0.25, -0.2) is 4.79 Å². The van der Waals surface area contributed by atoms with Crippen LogP contribution in [0, 0.1) is 6.92 Å². The first kappa shape index (κ1) is 15.5. The van der Waals surface area contributed by atoms with Crippen molar-refractivity contribution in [3.05, 3.63) is 29.8 Å². The fourth-order valence-electron chi connectivity index (χ4n) is 1.84. The molecule has 2 amide bonds. The highest BCUT2D eigenvalue weighted by Crippen LogP contribution is 2.16. The fraction of sp³-hybridized carbons (Fsp3) is 0.533. The van der Waals surface area contributed by atoms with Crippen LogP contribution >= 0.6 is 0 Å². The van der Waals surface area contributed by atoms with Crippen LogP contribution in [-0.2, 0) is 0 Å². The van der Waals surface area contributed by atoms with Crippen LogP contribution in [0.2, 0.25) is 0 Å². The van der Waals surface area contributed by atoms with Crippen molar-refractivity contribution in [1.29, 1.82) is 0 Å². The van der Waals surface area contributed by atoms with E-state index in [0.717, 1.165) is 12.1 Å². The Balaban J connectivity index is 2.80. The predicted octanol–water partition coefficient (Wildman–Crippen LogP) is 2.98. The summed E-state index contributed by atoms with van der Waals surface area (Å²) in [4.78, 5) is 14.2. The molecule has 1 rings (SSSR count). The lowest BCUT2D eigenvalue weighted by Crippen LogP contribution is -2.54. The maximum absolute atomic E-state index is 12.4. The maximum Gasteiger partial charge on any atom is 0.322 e. The number of benzene rings is 1. The van der Waals surface area contributed by atoms with Gasteiger partial charge in [0.05, 0.1) is 5.54 Å². The number of anilines is 1. The zero-order valence-corrected chi connectivity index (χ0v) is 12.4. The second-order valence-electron chi connectivity index (χ2n) is 5.46. The highest BCUT2D eigenvalue weighted by molar-refractivity contribution is 5.89. The summed E-state index contributed by atoms with van der Waals surface area (Å²) in [5.41, 5.74) is 7.41. The van der Waals surface area contributed by atoms with Crippen molar-refractivity contribution in [2.75, 3.05) is 18.4 Å². The van der Waals surface area contributed by atoms with E-state index >= 15 is 0 Å². The SMILES string of the molecule is CCCN(C(=O)Nc1ccc(C)cc1)C(C)(C)CN. The van der Waals surface area contributed by atoms with Gasteiger partial charge in [-0.3, -0.25) is 0 Å². The van der Waals surface area contributed by atoms with Crippen LogP contribution in [0.4, 0.5) is 10.5 Å². The lowest BCUT2D eigenvalue weighted by molar-refractivity contribution is 0.150. The standard InChI is InChI=1S/C15H25N3O/c1-5-10-18(15(3,4)11-16)14(19)17-13-8-6-12(2)7-9-13/h6-9H,5,10-11,16H2,1-4H3,(H,17,19). The third-order valence-electron chi connectivity index (χ3n) is 3.23. The minimum absolute atomic E-state index is 0.0962. The van der Waals surface area contributed by atoms with Crippen molar-refractivity contribution in [2.45, 2.75) is 39.7 Å². The molecule has 0 heterocycles. The van der Waals surface area contributed by atoms with E-state index in [9.17, 15) is 4.79 Å². The second kappa shape index (κ2) is 6.57. The number of urea groups is 1. The van der Waals surface area contributed by atoms with Gasteiger partial charge < -0.3 is 16.0 Å². The van der Waals surface area contributed by atoms with Gasteiger partial charge in [0.25, 0.3) is 0 Å². The number of aryl methyl sites for hydroxylation is 1. The molecule has 0 fully saturated rings. The van der Waals surface area contributed by atoms with Crippen LogP contribution in [0.1, 0.15) is 32.8 Å². The molecule has 0 aliphatic rings. The third kappa shape index (κ3) is 4.24. The molecule has 4 heteroatoms. The minimum Gasteiger partial charge on any atom is -0.328 e. The lowest BCUT2D eigenvalue weighted by Gasteiger charge is -2.37. The Morgan fingerprint density at radius 1 is 1.32 bits per heavy atom. The summed E-state index contributed by atoms with van der Waals surface area (Å²) in [6.45, 7) is 9.18. The average molecular weight is 263 g/mol. The van der Waals surface area contributed by atoms with Gasteiger partial charge in [-0.1, -0.05) is 24.6 Å². The third-order valence-corrected chi connectivity index (χ3v) is 3.23. The molecule has 0 aliphatic carbocycles. The molecule has 1 aromatic carbocycles. The van der Waals surface area contributed by atoms with Crippen LogP contribution < -0.4 is 11.1 Å². The molecule has 0 unspecified atom stereocenters. The molecular weight excluding hydrogens is 238 g/mol. The monoisotopic (exact) mass is 263 g/mol. The smallest absolute Gasteiger partial charge is 0.322 e. The summed E-state index contributed by atoms with van der Waals surface area (Å²) in [5.74, 6) is 0. The molecule has 3 N–H and O–H groups in total. The van der Waals surface area contributed by atoms with Gasteiger partial charge >= 0.3 is 6.03 Å². The number of nitrogens with two attached hydrogens (primary N) is 1. The van der Waals surface area contributed by atoms with Gasteiger partial charge in [-0.2, -0.15) is 0 Å². The van der Waals surface area contributed by atoms with E-state index in [0.29, 0.717) is 13.1 Å². The maximum atomic E-state index is 12.4. The highest BCUT2D eigenvalue weighted by atomic mass is 16.2. The highest BCUT2D eigenvalue weighted by Gasteiger charge is 2.28. The van der Waals surface area contributed by atoms with E-state index in [1.54, 1.807) is 4.90 Å². The Hall–Kier alpha value is -1.55. The van der Waals surface area contributed by atoms with Gasteiger partial charge in [-0.05, 0) is 39.3 Å². The van der Waals surface area contributed by atoms with Crippen molar-refractivity contribution in [3.63, 3.8) is 0 Å². The van der Waals surface area contributed by atoms with E-state index in [4.69, 9.17) is 5.73 Å². The van der Waals surface area contributed by atoms with E-state index in [2.05, 4.69) is 12.2 Å². The molecule has 1 aromatic rings. The molecule has 0 saturated heterocycles. The van der Waals surface area contributed by atoms with Crippen LogP contribution in [0.25, 0.3) is 0 Å². The molecule has 106 valence electrons. The first-order chi connectivity index (χ1) is 8.90. The van der Waals surface area contributed by atoms with E-state index in [1.807, 2.05) is 45.0 Å². The topological polar surface area (TPSA) is 58.4 Å². The lowest BCUT2D eigenvalue weighted by atomic mass is 10.0. The van der Waals surface area contributed by atoms with E-state index in [-0.39, 0.29) is 11.6 Å². The Morgan fingerprint density at radius 3 is 2.37 bits per heavy atom. The molecule has 0 aromatic heterocycles. The number of nitrogens with zero attached hydrogens (tertiary/aromatic N) is 1. The number of rotatable bonds is 5. The number of hydrogen-bond donors (Lipinski definition) is 2. The Bertz CT molecular complexity index is 412. The van der Waals surface area contributed by atoms with E-state index in [1.165, 1.54) is 5.56 Å². The van der Waals surface area contributed by atoms with Gasteiger partial charge in [-0.15, -0.1) is 0 Å². The average Bonchev–Trinajstić information content (AvgIpc) is 2.38. The first-order valence-corrected chi connectivity index (χ1v) is 6.76. The Labute approximate surface area is 116 Å². The van der Waals surface area contributed by atoms with Gasteiger partial charge in [0, 0.05) is 18.8 Å². The normalized spacial score (nSPS) is 11.2. The Morgan fingerprint density at radius 2 is 1.89 bits per heavy atom. The van der Waals surface area contributed by atoms with Crippen molar-refractivity contribution in [1.82, 2.24) is 4.90 Å². The number of nitrogens with one attached hydrogen (secondary N) is 1. The predicted molar refractivity (Wildman–Crippen MR) is 80.3 cm³/mol. The number of carbonyl (C=O) groups is 1. The summed E-state index contributed by atoms with van der Waals surface area (Å²) in [6.07, 6.45) is 0.907. The summed E-state index contributed by atoms with van der Waals surface area (Å²) in [7, 11) is 0. The van der Waals surface area contributed by atoms with Crippen molar-refractivity contribution in [2.24, 2.45) is 5.73 Å². The Kier molecular flexibility index (Phi) is 5.36. The zero-order valence-electron chi connectivity index (χ0n) is 12.4. The molecule has 19 heavy (non-hydrogen) atoms. The van der Waals surface area contributed by atoms with Crippen molar-refractivity contribution < 1.29 is 4.79 Å². The van der Waals surface area contributed by atoms with E-state index < -0.39 is 0 Å². The van der Waals surface area contributed by atoms with Crippen molar-refractivity contribution >= 4 is 11.7 Å². The van der Waals surface area contributed by atoms with Gasteiger partial charge in [0.2, 0.25) is 0 Å². The number of carbonyl (C=O) groups excluding carboxylic acids is 1. The van der Waals surface area contributed by atoms with Crippen LogP contribution in [0.3, 0.4) is 0 Å². The largest absolute Gasteiger partial charge is 0.328 e. The zero-order chi connectivity index (χ0) is 14.5. The fourth-order valence-corrected chi connectivity index (χ4v) is 1.84. The van der Waals surface area contributed by atoms with Crippen molar-refractivity contribution in [3.8, 4) is 0 Å². The summed E-state index contributed by atoms with van der Waals surface area (Å²) >= 11 is 0. The van der Waals surface area contributed by atoms with Gasteiger partial charge in [0.15, 0.2) is 0 Å². The molecular formula is C15H25N3O. The first-order valence-electron chi connectivity index (χ1n) is 6.76. The quantitative estimate of drug-likeness (QED) is 0.858. The number of amides is 2. The molecule has 0 aliphatic heterocycles. The summed E-state index contributed by atoms with van der Waals surface area (Å²) < 4.78 is 0. The molecule has 0 spiro atoms. The van der Waals surface area contributed by atoms with Crippen LogP contribution in [0.15, 0.2) is 24.3 Å². The summed E-state index contributed by atoms with van der Waals surface area (Å²) in [6, 6.07) is 7.68. The molecule has 4 nitrogen and oxygen atoms in total. The minimum atomic E-state index is -0.342. The molecule has 0 bridgehead atoms. The molecule has 0 atom stereocenters. The second-order valence-corrected chi connectivity index (χ2v) is 5.46. The molecule has 0 radical (unpaired) electrons. The van der Waals surface area contributed by atoms with Crippen LogP contribution in [-0.4, -0.2) is 29.6 Å². The number of hydrogen-bond acceptors (Lipinski definition) is 2. The molecule has 0 saturated carbocycles. The van der Waals surface area contributed by atoms with Crippen LogP contribution in [0.5, 0.6) is 0 Å².